The number of rotatable bonds is 7. The largest absolute Gasteiger partial charge is 0.353 e. The highest BCUT2D eigenvalue weighted by Gasteiger charge is 2.31. The summed E-state index contributed by atoms with van der Waals surface area (Å²) in [6.07, 6.45) is 3.61. The van der Waals surface area contributed by atoms with Crippen molar-refractivity contribution >= 4 is 23.4 Å². The molecule has 0 saturated carbocycles. The van der Waals surface area contributed by atoms with Gasteiger partial charge >= 0.3 is 0 Å². The number of halogens is 2. The number of hydrogen-bond donors (Lipinski definition) is 2. The number of benzene rings is 1. The molecule has 1 unspecified atom stereocenters. The molecule has 28 heavy (non-hydrogen) atoms. The standard InChI is InChI=1S/C19H23ClFN5O2/c1-2-26-11-13(10-24-26)9-23-18(27)8-17-19(28)22-5-6-25(17)12-14-3-4-15(21)7-16(14)20/h3-4,7,10-11,17H,2,5-6,8-9,12H2,1H3,(H,22,28)(H,23,27). The summed E-state index contributed by atoms with van der Waals surface area (Å²) in [5, 5.41) is 10.1. The maximum absolute atomic E-state index is 13.3. The summed E-state index contributed by atoms with van der Waals surface area (Å²) < 4.78 is 15.0. The van der Waals surface area contributed by atoms with Crippen LogP contribution in [0.5, 0.6) is 0 Å². The third-order valence-electron chi connectivity index (χ3n) is 4.71. The van der Waals surface area contributed by atoms with E-state index >= 15 is 0 Å². The van der Waals surface area contributed by atoms with Crippen molar-refractivity contribution in [3.63, 3.8) is 0 Å². The van der Waals surface area contributed by atoms with Crippen LogP contribution in [-0.2, 0) is 29.2 Å². The van der Waals surface area contributed by atoms with Crippen LogP contribution in [0.2, 0.25) is 5.02 Å². The molecule has 9 heteroatoms. The Morgan fingerprint density at radius 1 is 1.46 bits per heavy atom. The van der Waals surface area contributed by atoms with Gasteiger partial charge in [-0.2, -0.15) is 5.10 Å². The number of aryl methyl sites for hydroxylation is 1. The molecule has 1 saturated heterocycles. The van der Waals surface area contributed by atoms with Gasteiger partial charge in [-0.25, -0.2) is 4.39 Å². The molecule has 7 nitrogen and oxygen atoms in total. The van der Waals surface area contributed by atoms with Gasteiger partial charge in [-0.05, 0) is 24.6 Å². The van der Waals surface area contributed by atoms with Gasteiger partial charge in [-0.3, -0.25) is 19.2 Å². The Morgan fingerprint density at radius 2 is 2.29 bits per heavy atom. The van der Waals surface area contributed by atoms with Crippen molar-refractivity contribution in [3.05, 3.63) is 52.6 Å². The minimum atomic E-state index is -0.603. The fourth-order valence-corrected chi connectivity index (χ4v) is 3.39. The van der Waals surface area contributed by atoms with Gasteiger partial charge in [0.25, 0.3) is 0 Å². The highest BCUT2D eigenvalue weighted by atomic mass is 35.5. The Balaban J connectivity index is 1.61. The van der Waals surface area contributed by atoms with E-state index in [0.29, 0.717) is 31.2 Å². The highest BCUT2D eigenvalue weighted by molar-refractivity contribution is 6.31. The fourth-order valence-electron chi connectivity index (χ4n) is 3.16. The highest BCUT2D eigenvalue weighted by Crippen LogP contribution is 2.21. The summed E-state index contributed by atoms with van der Waals surface area (Å²) in [6.45, 7) is 4.55. The molecule has 1 aromatic heterocycles. The predicted octanol–water partition coefficient (Wildman–Crippen LogP) is 1.70. The number of carbonyl (C=O) groups is 2. The second kappa shape index (κ2) is 9.16. The first-order valence-electron chi connectivity index (χ1n) is 9.20. The van der Waals surface area contributed by atoms with Crippen molar-refractivity contribution < 1.29 is 14.0 Å². The maximum atomic E-state index is 13.3. The lowest BCUT2D eigenvalue weighted by molar-refractivity contribution is -0.134. The minimum absolute atomic E-state index is 0.0343. The first-order chi connectivity index (χ1) is 13.5. The average Bonchev–Trinajstić information content (AvgIpc) is 3.13. The zero-order valence-electron chi connectivity index (χ0n) is 15.6. The molecule has 3 rings (SSSR count). The molecule has 2 heterocycles. The Kier molecular flexibility index (Phi) is 6.64. The Bertz CT molecular complexity index is 857. The number of amides is 2. The molecule has 0 bridgehead atoms. The normalized spacial score (nSPS) is 17.4. The van der Waals surface area contributed by atoms with Crippen LogP contribution in [0.4, 0.5) is 4.39 Å². The van der Waals surface area contributed by atoms with E-state index in [1.54, 1.807) is 16.9 Å². The molecular formula is C19H23ClFN5O2. The Labute approximate surface area is 167 Å². The Morgan fingerprint density at radius 3 is 3.00 bits per heavy atom. The van der Waals surface area contributed by atoms with Crippen LogP contribution in [0.15, 0.2) is 30.6 Å². The van der Waals surface area contributed by atoms with Crippen LogP contribution in [0.25, 0.3) is 0 Å². The number of aromatic nitrogens is 2. The molecule has 2 aromatic rings. The average molecular weight is 408 g/mol. The molecule has 0 spiro atoms. The summed E-state index contributed by atoms with van der Waals surface area (Å²) in [5.74, 6) is -0.826. The summed E-state index contributed by atoms with van der Waals surface area (Å²) in [5.41, 5.74) is 1.62. The van der Waals surface area contributed by atoms with Crippen molar-refractivity contribution in [2.75, 3.05) is 13.1 Å². The number of nitrogens with one attached hydrogen (secondary N) is 2. The lowest BCUT2D eigenvalue weighted by atomic mass is 10.1. The molecule has 1 aliphatic heterocycles. The molecule has 1 atom stereocenters. The van der Waals surface area contributed by atoms with Crippen molar-refractivity contribution in [1.29, 1.82) is 0 Å². The van der Waals surface area contributed by atoms with E-state index in [4.69, 9.17) is 11.6 Å². The van der Waals surface area contributed by atoms with Gasteiger partial charge in [0.2, 0.25) is 11.8 Å². The number of piperazine rings is 1. The van der Waals surface area contributed by atoms with E-state index in [1.807, 2.05) is 18.0 Å². The molecule has 2 N–H and O–H groups in total. The first kappa shape index (κ1) is 20.3. The fraction of sp³-hybridized carbons (Fsp3) is 0.421. The molecule has 2 amide bonds. The predicted molar refractivity (Wildman–Crippen MR) is 103 cm³/mol. The monoisotopic (exact) mass is 407 g/mol. The van der Waals surface area contributed by atoms with Crippen LogP contribution < -0.4 is 10.6 Å². The van der Waals surface area contributed by atoms with E-state index in [2.05, 4.69) is 15.7 Å². The minimum Gasteiger partial charge on any atom is -0.353 e. The molecular weight excluding hydrogens is 385 g/mol. The summed E-state index contributed by atoms with van der Waals surface area (Å²) in [6, 6.07) is 3.59. The van der Waals surface area contributed by atoms with Gasteiger partial charge in [0.15, 0.2) is 0 Å². The second-order valence-electron chi connectivity index (χ2n) is 6.70. The van der Waals surface area contributed by atoms with E-state index in [0.717, 1.165) is 17.7 Å². The molecule has 150 valence electrons. The number of nitrogens with zero attached hydrogens (tertiary/aromatic N) is 3. The van der Waals surface area contributed by atoms with E-state index in [-0.39, 0.29) is 18.2 Å². The lowest BCUT2D eigenvalue weighted by Crippen LogP contribution is -2.56. The van der Waals surface area contributed by atoms with E-state index < -0.39 is 11.9 Å². The molecule has 1 aromatic carbocycles. The van der Waals surface area contributed by atoms with E-state index in [9.17, 15) is 14.0 Å². The van der Waals surface area contributed by atoms with Gasteiger partial charge < -0.3 is 10.6 Å². The van der Waals surface area contributed by atoms with Gasteiger partial charge in [0, 0.05) is 49.5 Å². The van der Waals surface area contributed by atoms with Gasteiger partial charge in [-0.15, -0.1) is 0 Å². The summed E-state index contributed by atoms with van der Waals surface area (Å²) in [7, 11) is 0. The molecule has 1 fully saturated rings. The lowest BCUT2D eigenvalue weighted by Gasteiger charge is -2.34. The third-order valence-corrected chi connectivity index (χ3v) is 5.06. The quantitative estimate of drug-likeness (QED) is 0.732. The second-order valence-corrected chi connectivity index (χ2v) is 7.11. The van der Waals surface area contributed by atoms with Crippen LogP contribution in [-0.4, -0.2) is 45.6 Å². The Hall–Kier alpha value is -2.45. The smallest absolute Gasteiger partial charge is 0.237 e. The van der Waals surface area contributed by atoms with Crippen LogP contribution in [0.3, 0.4) is 0 Å². The molecule has 0 aliphatic carbocycles. The zero-order chi connectivity index (χ0) is 20.1. The zero-order valence-corrected chi connectivity index (χ0v) is 16.4. The maximum Gasteiger partial charge on any atom is 0.237 e. The first-order valence-corrected chi connectivity index (χ1v) is 9.57. The topological polar surface area (TPSA) is 79.3 Å². The summed E-state index contributed by atoms with van der Waals surface area (Å²) in [4.78, 5) is 26.6. The van der Waals surface area contributed by atoms with Crippen molar-refractivity contribution in [2.45, 2.75) is 39.0 Å². The molecule has 0 radical (unpaired) electrons. The van der Waals surface area contributed by atoms with E-state index in [1.165, 1.54) is 12.1 Å². The number of carbonyl (C=O) groups excluding carboxylic acids is 2. The third kappa shape index (κ3) is 5.08. The molecule has 1 aliphatic rings. The van der Waals surface area contributed by atoms with Crippen LogP contribution >= 0.6 is 11.6 Å². The van der Waals surface area contributed by atoms with Crippen molar-refractivity contribution in [1.82, 2.24) is 25.3 Å². The van der Waals surface area contributed by atoms with Crippen molar-refractivity contribution in [2.24, 2.45) is 0 Å². The SMILES string of the molecule is CCn1cc(CNC(=O)CC2C(=O)NCCN2Cc2ccc(F)cc2Cl)cn1. The van der Waals surface area contributed by atoms with Gasteiger partial charge in [0.1, 0.15) is 5.82 Å². The van der Waals surface area contributed by atoms with Crippen molar-refractivity contribution in [3.8, 4) is 0 Å². The number of hydrogen-bond acceptors (Lipinski definition) is 4. The summed E-state index contributed by atoms with van der Waals surface area (Å²) >= 11 is 6.12. The van der Waals surface area contributed by atoms with Gasteiger partial charge in [0.05, 0.1) is 18.7 Å². The van der Waals surface area contributed by atoms with Crippen LogP contribution in [0, 0.1) is 5.82 Å². The van der Waals surface area contributed by atoms with Crippen LogP contribution in [0.1, 0.15) is 24.5 Å². The van der Waals surface area contributed by atoms with Gasteiger partial charge in [-0.1, -0.05) is 17.7 Å².